The van der Waals surface area contributed by atoms with Crippen molar-refractivity contribution >= 4 is 5.78 Å². The van der Waals surface area contributed by atoms with E-state index in [1.54, 1.807) is 13.0 Å². The maximum atomic E-state index is 11.9. The second kappa shape index (κ2) is 6.06. The molecule has 0 amide bonds. The minimum atomic E-state index is -4.44. The van der Waals surface area contributed by atoms with Crippen LogP contribution in [0, 0.1) is 13.8 Å². The number of alkyl halides is 3. The summed E-state index contributed by atoms with van der Waals surface area (Å²) < 4.78 is 45.2. The van der Waals surface area contributed by atoms with Crippen molar-refractivity contribution in [1.82, 2.24) is 0 Å². The number of rotatable bonds is 5. The molecule has 0 bridgehead atoms. The van der Waals surface area contributed by atoms with Crippen LogP contribution < -0.4 is 4.74 Å². The van der Waals surface area contributed by atoms with Gasteiger partial charge in [0, 0.05) is 0 Å². The number of carbonyl (C=O) groups excluding carboxylic acids is 1. The lowest BCUT2D eigenvalue weighted by Gasteiger charge is -2.13. The summed E-state index contributed by atoms with van der Waals surface area (Å²) in [5, 5.41) is 0. The Kier molecular flexibility index (Phi) is 4.94. The van der Waals surface area contributed by atoms with Gasteiger partial charge in [-0.3, -0.25) is 4.79 Å². The van der Waals surface area contributed by atoms with Crippen LogP contribution in [0.5, 0.6) is 5.75 Å². The van der Waals surface area contributed by atoms with Gasteiger partial charge in [0.05, 0.1) is 12.7 Å². The lowest BCUT2D eigenvalue weighted by atomic mass is 10.0. The van der Waals surface area contributed by atoms with Gasteiger partial charge in [-0.2, -0.15) is 13.2 Å². The van der Waals surface area contributed by atoms with E-state index in [1.807, 2.05) is 6.92 Å². The van der Waals surface area contributed by atoms with E-state index in [1.165, 1.54) is 13.2 Å². The molecule has 3 nitrogen and oxygen atoms in total. The van der Waals surface area contributed by atoms with Gasteiger partial charge in [-0.15, -0.1) is 0 Å². The molecule has 0 aliphatic rings. The average molecular weight is 276 g/mol. The van der Waals surface area contributed by atoms with E-state index in [2.05, 4.69) is 4.74 Å². The highest BCUT2D eigenvalue weighted by atomic mass is 19.4. The predicted octanol–water partition coefficient (Wildman–Crippen LogP) is 3.07. The molecule has 0 aliphatic heterocycles. The maximum absolute atomic E-state index is 11.9. The smallest absolute Gasteiger partial charge is 0.411 e. The van der Waals surface area contributed by atoms with E-state index in [0.717, 1.165) is 11.1 Å². The Bertz CT molecular complexity index is 467. The minimum Gasteiger partial charge on any atom is -0.496 e. The molecule has 1 aromatic rings. The highest BCUT2D eigenvalue weighted by Crippen LogP contribution is 2.26. The molecule has 0 fully saturated rings. The van der Waals surface area contributed by atoms with Gasteiger partial charge >= 0.3 is 6.18 Å². The molecule has 106 valence electrons. The van der Waals surface area contributed by atoms with E-state index in [-0.39, 0.29) is 5.56 Å². The monoisotopic (exact) mass is 276 g/mol. The van der Waals surface area contributed by atoms with Crippen molar-refractivity contribution in [1.29, 1.82) is 0 Å². The number of halogens is 3. The topological polar surface area (TPSA) is 35.5 Å². The molecule has 0 heterocycles. The molecule has 0 saturated carbocycles. The molecule has 0 spiro atoms. The molecule has 0 atom stereocenters. The van der Waals surface area contributed by atoms with E-state index in [9.17, 15) is 18.0 Å². The maximum Gasteiger partial charge on any atom is 0.411 e. The Labute approximate surface area is 109 Å². The van der Waals surface area contributed by atoms with Crippen molar-refractivity contribution in [2.75, 3.05) is 20.3 Å². The number of ketones is 1. The highest BCUT2D eigenvalue weighted by Gasteiger charge is 2.28. The molecule has 0 N–H and O–H groups in total. The van der Waals surface area contributed by atoms with Crippen LogP contribution in [0.2, 0.25) is 0 Å². The molecule has 0 radical (unpaired) electrons. The Balaban J connectivity index is 2.80. The molecule has 1 aromatic carbocycles. The van der Waals surface area contributed by atoms with E-state index >= 15 is 0 Å². The molecule has 0 saturated heterocycles. The number of carbonyl (C=O) groups is 1. The standard InChI is InChI=1S/C13H15F3O3/c1-8-4-5-10(12(18-3)9(8)2)11(17)6-19-7-13(14,15)16/h4-5H,6-7H2,1-3H3. The van der Waals surface area contributed by atoms with Gasteiger partial charge in [0.25, 0.3) is 0 Å². The number of methoxy groups -OCH3 is 1. The van der Waals surface area contributed by atoms with Crippen LogP contribution in [0.15, 0.2) is 12.1 Å². The largest absolute Gasteiger partial charge is 0.496 e. The molecule has 0 aromatic heterocycles. The molecule has 6 heteroatoms. The molecule has 1 rings (SSSR count). The molecule has 0 aliphatic carbocycles. The number of hydrogen-bond donors (Lipinski definition) is 0. The molecule has 0 unspecified atom stereocenters. The number of hydrogen-bond acceptors (Lipinski definition) is 3. The van der Waals surface area contributed by atoms with Crippen LogP contribution in [0.1, 0.15) is 21.5 Å². The summed E-state index contributed by atoms with van der Waals surface area (Å²) in [5.74, 6) is -0.162. The normalized spacial score (nSPS) is 11.5. The van der Waals surface area contributed by atoms with Crippen molar-refractivity contribution in [3.05, 3.63) is 28.8 Å². The first-order valence-corrected chi connectivity index (χ1v) is 5.58. The Morgan fingerprint density at radius 2 is 1.89 bits per heavy atom. The Morgan fingerprint density at radius 3 is 2.42 bits per heavy atom. The van der Waals surface area contributed by atoms with E-state index < -0.39 is 25.2 Å². The van der Waals surface area contributed by atoms with Gasteiger partial charge in [-0.1, -0.05) is 6.07 Å². The van der Waals surface area contributed by atoms with Crippen LogP contribution in [-0.4, -0.2) is 32.3 Å². The number of ether oxygens (including phenoxy) is 2. The third-order valence-corrected chi connectivity index (χ3v) is 2.68. The summed E-state index contributed by atoms with van der Waals surface area (Å²) in [5.41, 5.74) is 1.95. The van der Waals surface area contributed by atoms with Gasteiger partial charge in [0.15, 0.2) is 5.78 Å². The lowest BCUT2D eigenvalue weighted by Crippen LogP contribution is -2.20. The Morgan fingerprint density at radius 1 is 1.26 bits per heavy atom. The minimum absolute atomic E-state index is 0.229. The van der Waals surface area contributed by atoms with Crippen LogP contribution >= 0.6 is 0 Å². The average Bonchev–Trinajstić information content (AvgIpc) is 2.30. The van der Waals surface area contributed by atoms with Crippen LogP contribution in [0.3, 0.4) is 0 Å². The van der Waals surface area contributed by atoms with Crippen LogP contribution in [0.25, 0.3) is 0 Å². The zero-order valence-electron chi connectivity index (χ0n) is 10.9. The van der Waals surface area contributed by atoms with Gasteiger partial charge in [0.2, 0.25) is 0 Å². The fourth-order valence-electron chi connectivity index (χ4n) is 1.61. The van der Waals surface area contributed by atoms with Gasteiger partial charge < -0.3 is 9.47 Å². The Hall–Kier alpha value is -1.56. The molecular weight excluding hydrogens is 261 g/mol. The first kappa shape index (κ1) is 15.5. The van der Waals surface area contributed by atoms with Gasteiger partial charge in [-0.05, 0) is 31.0 Å². The first-order valence-electron chi connectivity index (χ1n) is 5.58. The van der Waals surface area contributed by atoms with Gasteiger partial charge in [0.1, 0.15) is 19.0 Å². The van der Waals surface area contributed by atoms with Crippen molar-refractivity contribution in [3.8, 4) is 5.75 Å². The summed E-state index contributed by atoms with van der Waals surface area (Å²) in [4.78, 5) is 11.8. The molecule has 19 heavy (non-hydrogen) atoms. The summed E-state index contributed by atoms with van der Waals surface area (Å²) in [7, 11) is 1.41. The number of benzene rings is 1. The second-order valence-corrected chi connectivity index (χ2v) is 4.12. The quantitative estimate of drug-likeness (QED) is 0.775. The van der Waals surface area contributed by atoms with Crippen molar-refractivity contribution in [2.45, 2.75) is 20.0 Å². The summed E-state index contributed by atoms with van der Waals surface area (Å²) in [6.45, 7) is 1.57. The lowest BCUT2D eigenvalue weighted by molar-refractivity contribution is -0.170. The molecular formula is C13H15F3O3. The fraction of sp³-hybridized carbons (Fsp3) is 0.462. The van der Waals surface area contributed by atoms with E-state index in [4.69, 9.17) is 4.74 Å². The van der Waals surface area contributed by atoms with Crippen molar-refractivity contribution in [3.63, 3.8) is 0 Å². The first-order chi connectivity index (χ1) is 8.76. The van der Waals surface area contributed by atoms with Crippen LogP contribution in [-0.2, 0) is 4.74 Å². The highest BCUT2D eigenvalue weighted by molar-refractivity contribution is 6.00. The summed E-state index contributed by atoms with van der Waals surface area (Å²) in [6.07, 6.45) is -4.44. The zero-order valence-corrected chi connectivity index (χ0v) is 10.9. The second-order valence-electron chi connectivity index (χ2n) is 4.12. The van der Waals surface area contributed by atoms with E-state index in [0.29, 0.717) is 5.75 Å². The van der Waals surface area contributed by atoms with Crippen molar-refractivity contribution in [2.24, 2.45) is 0 Å². The van der Waals surface area contributed by atoms with Crippen molar-refractivity contribution < 1.29 is 27.4 Å². The number of Topliss-reactive ketones (excluding diaryl/α,β-unsaturated/α-hetero) is 1. The third-order valence-electron chi connectivity index (χ3n) is 2.68. The summed E-state index contributed by atoms with van der Waals surface area (Å²) in [6, 6.07) is 3.25. The fourth-order valence-corrected chi connectivity index (χ4v) is 1.61. The van der Waals surface area contributed by atoms with Gasteiger partial charge in [-0.25, -0.2) is 0 Å². The van der Waals surface area contributed by atoms with Crippen LogP contribution in [0.4, 0.5) is 13.2 Å². The zero-order chi connectivity index (χ0) is 14.6. The number of aryl methyl sites for hydroxylation is 1. The SMILES string of the molecule is COc1c(C(=O)COCC(F)(F)F)ccc(C)c1C. The third kappa shape index (κ3) is 4.24. The summed E-state index contributed by atoms with van der Waals surface area (Å²) >= 11 is 0. The predicted molar refractivity (Wildman–Crippen MR) is 63.7 cm³/mol.